The van der Waals surface area contributed by atoms with Crippen molar-refractivity contribution in [3.8, 4) is 5.75 Å². The Balaban J connectivity index is 1.35. The van der Waals surface area contributed by atoms with Crippen molar-refractivity contribution >= 4 is 52.9 Å². The molecule has 2 aliphatic rings. The van der Waals surface area contributed by atoms with E-state index in [1.807, 2.05) is 43.3 Å². The number of para-hydroxylation sites is 1. The molecule has 2 aliphatic heterocycles. The van der Waals surface area contributed by atoms with E-state index in [0.717, 1.165) is 11.3 Å². The second kappa shape index (κ2) is 10.5. The van der Waals surface area contributed by atoms with Crippen LogP contribution >= 0.6 is 18.7 Å². The van der Waals surface area contributed by atoms with Gasteiger partial charge >= 0.3 is 6.18 Å². The van der Waals surface area contributed by atoms with Crippen LogP contribution in [-0.4, -0.2) is 73.2 Å². The van der Waals surface area contributed by atoms with Gasteiger partial charge in [-0.2, -0.15) is 18.2 Å². The van der Waals surface area contributed by atoms with Crippen LogP contribution in [0.25, 0.3) is 0 Å². The van der Waals surface area contributed by atoms with Gasteiger partial charge in [0.2, 0.25) is 5.95 Å². The smallest absolute Gasteiger partial charge is 0.401 e. The van der Waals surface area contributed by atoms with E-state index in [2.05, 4.69) is 25.5 Å². The van der Waals surface area contributed by atoms with E-state index in [4.69, 9.17) is 16.3 Å². The standard InChI is InChI=1S/C26H29ClF3N6O2P/c1-16-10-17(11-21-23(16)36-9-8-35(15-26(28,29)30)13-18(36)14-38-21)32-25-31-12-19(27)24(34-25)33-20-6-4-5-7-22(20)39(2,3)37/h4-7,10-12,18H,8-9,13-15H2,1-3H3,(H2,31,32,33,34)/t18-/m1/s1. The molecule has 3 aromatic rings. The van der Waals surface area contributed by atoms with E-state index >= 15 is 0 Å². The van der Waals surface area contributed by atoms with Crippen LogP contribution in [0.15, 0.2) is 42.6 Å². The molecular weight excluding hydrogens is 552 g/mol. The quantitative estimate of drug-likeness (QED) is 0.364. The van der Waals surface area contributed by atoms with Crippen molar-refractivity contribution in [3.05, 3.63) is 53.2 Å². The van der Waals surface area contributed by atoms with E-state index < -0.39 is 19.9 Å². The minimum Gasteiger partial charge on any atom is -0.489 e. The Labute approximate surface area is 229 Å². The molecule has 2 aromatic carbocycles. The molecule has 3 heterocycles. The van der Waals surface area contributed by atoms with Gasteiger partial charge in [-0.25, -0.2) is 4.98 Å². The number of hydrogen-bond donors (Lipinski definition) is 2. The number of nitrogens with one attached hydrogen (secondary N) is 2. The van der Waals surface area contributed by atoms with Crippen molar-refractivity contribution in [2.45, 2.75) is 19.1 Å². The van der Waals surface area contributed by atoms with Gasteiger partial charge < -0.3 is 24.8 Å². The molecule has 8 nitrogen and oxygen atoms in total. The fourth-order valence-corrected chi connectivity index (χ4v) is 6.35. The average molecular weight is 581 g/mol. The van der Waals surface area contributed by atoms with Gasteiger partial charge in [-0.15, -0.1) is 0 Å². The molecule has 0 aliphatic carbocycles. The molecule has 39 heavy (non-hydrogen) atoms. The largest absolute Gasteiger partial charge is 0.489 e. The Morgan fingerprint density at radius 2 is 1.95 bits per heavy atom. The zero-order chi connectivity index (χ0) is 27.9. The Morgan fingerprint density at radius 1 is 1.18 bits per heavy atom. The molecule has 5 rings (SSSR count). The summed E-state index contributed by atoms with van der Waals surface area (Å²) < 4.78 is 57.4. The van der Waals surface area contributed by atoms with Gasteiger partial charge in [-0.1, -0.05) is 23.7 Å². The second-order valence-corrected chi connectivity index (χ2v) is 13.7. The van der Waals surface area contributed by atoms with Gasteiger partial charge in [0.1, 0.15) is 24.5 Å². The molecule has 1 saturated heterocycles. The second-order valence-electron chi connectivity index (χ2n) is 10.2. The van der Waals surface area contributed by atoms with Gasteiger partial charge in [-0.3, -0.25) is 4.90 Å². The zero-order valence-corrected chi connectivity index (χ0v) is 23.4. The number of anilines is 5. The third-order valence-corrected chi connectivity index (χ3v) is 8.52. The van der Waals surface area contributed by atoms with Crippen LogP contribution in [0, 0.1) is 6.92 Å². The first-order valence-corrected chi connectivity index (χ1v) is 15.4. The first-order chi connectivity index (χ1) is 18.4. The minimum atomic E-state index is -4.22. The SMILES string of the molecule is Cc1cc(Nc2ncc(Cl)c(Nc3ccccc3P(C)(C)=O)n2)cc2c1N1CCN(CC(F)(F)F)C[C@@H]1CO2. The monoisotopic (exact) mass is 580 g/mol. The third kappa shape index (κ3) is 6.26. The fourth-order valence-electron chi connectivity index (χ4n) is 5.06. The lowest BCUT2D eigenvalue weighted by Gasteiger charge is -2.46. The highest BCUT2D eigenvalue weighted by atomic mass is 35.5. The Kier molecular flexibility index (Phi) is 7.43. The fraction of sp³-hybridized carbons (Fsp3) is 0.385. The molecule has 13 heteroatoms. The van der Waals surface area contributed by atoms with Crippen molar-refractivity contribution in [1.82, 2.24) is 14.9 Å². The summed E-state index contributed by atoms with van der Waals surface area (Å²) in [7, 11) is -2.55. The van der Waals surface area contributed by atoms with Crippen molar-refractivity contribution < 1.29 is 22.5 Å². The van der Waals surface area contributed by atoms with Crippen LogP contribution in [0.1, 0.15) is 5.56 Å². The maximum Gasteiger partial charge on any atom is 0.401 e. The lowest BCUT2D eigenvalue weighted by molar-refractivity contribution is -0.147. The zero-order valence-electron chi connectivity index (χ0n) is 21.7. The number of ether oxygens (including phenoxy) is 1. The van der Waals surface area contributed by atoms with Crippen molar-refractivity contribution in [3.63, 3.8) is 0 Å². The molecule has 0 saturated carbocycles. The van der Waals surface area contributed by atoms with E-state index in [1.54, 1.807) is 13.3 Å². The van der Waals surface area contributed by atoms with Crippen LogP contribution < -0.4 is 25.6 Å². The molecule has 208 valence electrons. The highest BCUT2D eigenvalue weighted by Gasteiger charge is 2.38. The topological polar surface area (TPSA) is 82.6 Å². The van der Waals surface area contributed by atoms with E-state index in [-0.39, 0.29) is 6.04 Å². The number of halogens is 4. The van der Waals surface area contributed by atoms with E-state index in [1.165, 1.54) is 11.1 Å². The number of fused-ring (bicyclic) bond motifs is 3. The van der Waals surface area contributed by atoms with Crippen LogP contribution in [0.4, 0.5) is 42.0 Å². The Morgan fingerprint density at radius 3 is 2.69 bits per heavy atom. The normalized spacial score (nSPS) is 17.7. The van der Waals surface area contributed by atoms with Crippen molar-refractivity contribution in [2.24, 2.45) is 0 Å². The summed E-state index contributed by atoms with van der Waals surface area (Å²) in [4.78, 5) is 12.4. The molecule has 0 unspecified atom stereocenters. The molecule has 1 fully saturated rings. The van der Waals surface area contributed by atoms with Gasteiger partial charge in [0.15, 0.2) is 5.82 Å². The molecule has 0 radical (unpaired) electrons. The summed E-state index contributed by atoms with van der Waals surface area (Å²) in [6, 6.07) is 10.9. The van der Waals surface area contributed by atoms with E-state index in [9.17, 15) is 17.7 Å². The van der Waals surface area contributed by atoms with Crippen molar-refractivity contribution in [2.75, 3.05) is 61.6 Å². The minimum absolute atomic E-state index is 0.149. The highest BCUT2D eigenvalue weighted by molar-refractivity contribution is 7.70. The number of rotatable bonds is 6. The molecule has 1 aromatic heterocycles. The van der Waals surface area contributed by atoms with Gasteiger partial charge in [0.25, 0.3) is 0 Å². The lowest BCUT2D eigenvalue weighted by atomic mass is 10.0. The number of aromatic nitrogens is 2. The summed E-state index contributed by atoms with van der Waals surface area (Å²) in [6.45, 7) is 5.85. The van der Waals surface area contributed by atoms with Crippen LogP contribution in [-0.2, 0) is 4.57 Å². The number of aryl methyl sites for hydroxylation is 1. The first kappa shape index (κ1) is 27.6. The maximum absolute atomic E-state index is 12.9. The first-order valence-electron chi connectivity index (χ1n) is 12.4. The number of benzene rings is 2. The van der Waals surface area contributed by atoms with Crippen LogP contribution in [0.5, 0.6) is 5.75 Å². The van der Waals surface area contributed by atoms with Crippen LogP contribution in [0.2, 0.25) is 5.02 Å². The number of hydrogen-bond acceptors (Lipinski definition) is 8. The number of alkyl halides is 3. The number of piperazine rings is 1. The van der Waals surface area contributed by atoms with E-state index in [0.29, 0.717) is 65.5 Å². The molecule has 1 atom stereocenters. The van der Waals surface area contributed by atoms with Gasteiger partial charge in [0, 0.05) is 36.7 Å². The average Bonchev–Trinajstić information content (AvgIpc) is 2.84. The molecule has 2 N–H and O–H groups in total. The molecule has 0 spiro atoms. The number of nitrogens with zero attached hydrogens (tertiary/aromatic N) is 4. The molecule has 0 amide bonds. The predicted molar refractivity (Wildman–Crippen MR) is 149 cm³/mol. The van der Waals surface area contributed by atoms with Crippen molar-refractivity contribution in [1.29, 1.82) is 0 Å². The summed E-state index contributed by atoms with van der Waals surface area (Å²) in [5.41, 5.74) is 3.16. The lowest BCUT2D eigenvalue weighted by Crippen LogP contribution is -2.58. The van der Waals surface area contributed by atoms with Gasteiger partial charge in [-0.05, 0) is 44.0 Å². The maximum atomic E-state index is 12.9. The van der Waals surface area contributed by atoms with Crippen LogP contribution in [0.3, 0.4) is 0 Å². The summed E-state index contributed by atoms with van der Waals surface area (Å²) in [5.74, 6) is 1.31. The third-order valence-electron chi connectivity index (χ3n) is 6.69. The Hall–Kier alpha value is -3.01. The summed E-state index contributed by atoms with van der Waals surface area (Å²) >= 11 is 6.37. The predicted octanol–water partition coefficient (Wildman–Crippen LogP) is 5.62. The Bertz CT molecular complexity index is 1430. The summed E-state index contributed by atoms with van der Waals surface area (Å²) in [5, 5.41) is 7.37. The highest BCUT2D eigenvalue weighted by Crippen LogP contribution is 2.41. The molecule has 0 bridgehead atoms. The van der Waals surface area contributed by atoms with Gasteiger partial charge in [0.05, 0.1) is 30.2 Å². The molecular formula is C26H29ClF3N6O2P. The summed E-state index contributed by atoms with van der Waals surface area (Å²) in [6.07, 6.45) is -2.74.